The third-order valence-corrected chi connectivity index (χ3v) is 5.64. The highest BCUT2D eigenvalue weighted by molar-refractivity contribution is 7.91. The normalized spacial score (nSPS) is 22.6. The maximum Gasteiger partial charge on any atom is 0.177 e. The molecule has 1 saturated heterocycles. The van der Waals surface area contributed by atoms with E-state index in [2.05, 4.69) is 0 Å². The van der Waals surface area contributed by atoms with Gasteiger partial charge in [0.1, 0.15) is 0 Å². The van der Waals surface area contributed by atoms with Gasteiger partial charge in [0.05, 0.1) is 18.1 Å². The standard InChI is InChI=1S/C15H21NO3S/c1-11-4-5-12(2)14(8-11)15(17)9-16-6-7-20(18,19)10-13(16)3/h4-5,8,13H,6-7,9-10H2,1-3H3. The molecule has 0 radical (unpaired) electrons. The summed E-state index contributed by atoms with van der Waals surface area (Å²) in [4.78, 5) is 14.4. The lowest BCUT2D eigenvalue weighted by molar-refractivity contribution is 0.0908. The van der Waals surface area contributed by atoms with E-state index >= 15 is 0 Å². The van der Waals surface area contributed by atoms with Crippen LogP contribution in [0.3, 0.4) is 0 Å². The van der Waals surface area contributed by atoms with Crippen LogP contribution < -0.4 is 0 Å². The number of Topliss-reactive ketones (excluding diaryl/α,β-unsaturated/α-hetero) is 1. The minimum absolute atomic E-state index is 0.0670. The zero-order valence-corrected chi connectivity index (χ0v) is 13.0. The SMILES string of the molecule is Cc1ccc(C)c(C(=O)CN2CCS(=O)(=O)CC2C)c1. The number of rotatable bonds is 3. The predicted molar refractivity (Wildman–Crippen MR) is 79.9 cm³/mol. The lowest BCUT2D eigenvalue weighted by Gasteiger charge is -2.32. The van der Waals surface area contributed by atoms with E-state index in [4.69, 9.17) is 0 Å². The Morgan fingerprint density at radius 1 is 1.35 bits per heavy atom. The molecule has 110 valence electrons. The summed E-state index contributed by atoms with van der Waals surface area (Å²) in [5.41, 5.74) is 2.77. The number of aryl methyl sites for hydroxylation is 2. The van der Waals surface area contributed by atoms with Crippen molar-refractivity contribution in [1.29, 1.82) is 0 Å². The van der Waals surface area contributed by atoms with Crippen LogP contribution in [0.5, 0.6) is 0 Å². The summed E-state index contributed by atoms with van der Waals surface area (Å²) in [6.07, 6.45) is 0. The molecule has 2 rings (SSSR count). The predicted octanol–water partition coefficient (Wildman–Crippen LogP) is 1.61. The van der Waals surface area contributed by atoms with Gasteiger partial charge in [0.25, 0.3) is 0 Å². The lowest BCUT2D eigenvalue weighted by Crippen LogP contribution is -2.48. The molecule has 20 heavy (non-hydrogen) atoms. The first-order chi connectivity index (χ1) is 9.28. The Morgan fingerprint density at radius 2 is 2.05 bits per heavy atom. The van der Waals surface area contributed by atoms with Crippen molar-refractivity contribution in [3.05, 3.63) is 34.9 Å². The third kappa shape index (κ3) is 3.46. The maximum atomic E-state index is 12.4. The molecule has 1 unspecified atom stereocenters. The van der Waals surface area contributed by atoms with E-state index in [-0.39, 0.29) is 23.3 Å². The summed E-state index contributed by atoms with van der Waals surface area (Å²) in [6, 6.07) is 5.75. The van der Waals surface area contributed by atoms with Crippen molar-refractivity contribution in [2.45, 2.75) is 26.8 Å². The fourth-order valence-electron chi connectivity index (χ4n) is 2.57. The molecule has 1 aliphatic rings. The summed E-state index contributed by atoms with van der Waals surface area (Å²) >= 11 is 0. The van der Waals surface area contributed by atoms with Crippen molar-refractivity contribution >= 4 is 15.6 Å². The number of carbonyl (C=O) groups is 1. The molecule has 1 heterocycles. The van der Waals surface area contributed by atoms with Crippen molar-refractivity contribution in [3.8, 4) is 0 Å². The Kier molecular flexibility index (Phi) is 4.30. The molecule has 0 saturated carbocycles. The molecule has 1 aromatic rings. The average molecular weight is 295 g/mol. The molecule has 5 heteroatoms. The first-order valence-corrected chi connectivity index (χ1v) is 8.65. The van der Waals surface area contributed by atoms with Gasteiger partial charge in [-0.05, 0) is 32.4 Å². The molecule has 1 aromatic carbocycles. The van der Waals surface area contributed by atoms with E-state index in [1.165, 1.54) is 0 Å². The summed E-state index contributed by atoms with van der Waals surface area (Å²) in [7, 11) is -2.93. The van der Waals surface area contributed by atoms with Crippen LogP contribution in [0, 0.1) is 13.8 Å². The Morgan fingerprint density at radius 3 is 2.70 bits per heavy atom. The summed E-state index contributed by atoms with van der Waals surface area (Å²) < 4.78 is 23.1. The van der Waals surface area contributed by atoms with Crippen molar-refractivity contribution < 1.29 is 13.2 Å². The lowest BCUT2D eigenvalue weighted by atomic mass is 10.0. The van der Waals surface area contributed by atoms with Crippen LogP contribution in [0.4, 0.5) is 0 Å². The molecule has 0 bridgehead atoms. The Labute approximate surface area is 120 Å². The molecule has 0 N–H and O–H groups in total. The van der Waals surface area contributed by atoms with Crippen LogP contribution in [0.2, 0.25) is 0 Å². The van der Waals surface area contributed by atoms with Crippen molar-refractivity contribution in [2.24, 2.45) is 0 Å². The van der Waals surface area contributed by atoms with E-state index in [1.807, 2.05) is 43.9 Å². The van der Waals surface area contributed by atoms with Crippen LogP contribution in [-0.4, -0.2) is 49.7 Å². The van der Waals surface area contributed by atoms with Gasteiger partial charge in [0.2, 0.25) is 0 Å². The number of sulfone groups is 1. The van der Waals surface area contributed by atoms with Crippen molar-refractivity contribution in [2.75, 3.05) is 24.6 Å². The molecule has 0 aliphatic carbocycles. The number of nitrogens with zero attached hydrogens (tertiary/aromatic N) is 1. The van der Waals surface area contributed by atoms with Gasteiger partial charge >= 0.3 is 0 Å². The van der Waals surface area contributed by atoms with Gasteiger partial charge < -0.3 is 0 Å². The molecule has 0 aromatic heterocycles. The highest BCUT2D eigenvalue weighted by Crippen LogP contribution is 2.15. The fourth-order valence-corrected chi connectivity index (χ4v) is 4.20. The molecular weight excluding hydrogens is 274 g/mol. The number of carbonyl (C=O) groups excluding carboxylic acids is 1. The van der Waals surface area contributed by atoms with Crippen molar-refractivity contribution in [3.63, 3.8) is 0 Å². The Bertz CT molecular complexity index is 622. The Balaban J connectivity index is 2.10. The zero-order chi connectivity index (χ0) is 14.9. The maximum absolute atomic E-state index is 12.4. The minimum atomic E-state index is -2.93. The van der Waals surface area contributed by atoms with Gasteiger partial charge in [0.15, 0.2) is 15.6 Å². The van der Waals surface area contributed by atoms with Gasteiger partial charge in [-0.3, -0.25) is 9.69 Å². The number of ketones is 1. The summed E-state index contributed by atoms with van der Waals surface area (Å²) in [6.45, 7) is 6.50. The van der Waals surface area contributed by atoms with Gasteiger partial charge in [-0.1, -0.05) is 17.7 Å². The third-order valence-electron chi connectivity index (χ3n) is 3.85. The molecule has 4 nitrogen and oxygen atoms in total. The van der Waals surface area contributed by atoms with Crippen LogP contribution in [-0.2, 0) is 9.84 Å². The first kappa shape index (κ1) is 15.2. The monoisotopic (exact) mass is 295 g/mol. The molecule has 0 spiro atoms. The quantitative estimate of drug-likeness (QED) is 0.795. The van der Waals surface area contributed by atoms with Gasteiger partial charge in [-0.2, -0.15) is 0 Å². The second-order valence-electron chi connectivity index (χ2n) is 5.68. The number of hydrogen-bond acceptors (Lipinski definition) is 4. The van der Waals surface area contributed by atoms with Crippen LogP contribution in [0.15, 0.2) is 18.2 Å². The number of benzene rings is 1. The minimum Gasteiger partial charge on any atom is -0.293 e. The van der Waals surface area contributed by atoms with Gasteiger partial charge in [0, 0.05) is 18.2 Å². The average Bonchev–Trinajstić information content (AvgIpc) is 2.35. The van der Waals surface area contributed by atoms with E-state index in [9.17, 15) is 13.2 Å². The zero-order valence-electron chi connectivity index (χ0n) is 12.2. The largest absolute Gasteiger partial charge is 0.293 e. The highest BCUT2D eigenvalue weighted by Gasteiger charge is 2.29. The first-order valence-electron chi connectivity index (χ1n) is 6.83. The summed E-state index contributed by atoms with van der Waals surface area (Å²) in [5, 5.41) is 0. The number of hydrogen-bond donors (Lipinski definition) is 0. The Hall–Kier alpha value is -1.20. The van der Waals surface area contributed by atoms with Crippen molar-refractivity contribution in [1.82, 2.24) is 4.90 Å². The van der Waals surface area contributed by atoms with Gasteiger partial charge in [-0.15, -0.1) is 0 Å². The molecule has 1 fully saturated rings. The van der Waals surface area contributed by atoms with E-state index in [0.717, 1.165) is 16.7 Å². The van der Waals surface area contributed by atoms with E-state index in [0.29, 0.717) is 13.1 Å². The molecule has 0 amide bonds. The van der Waals surface area contributed by atoms with E-state index < -0.39 is 9.84 Å². The topological polar surface area (TPSA) is 54.5 Å². The summed E-state index contributed by atoms with van der Waals surface area (Å²) in [5.74, 6) is 0.363. The van der Waals surface area contributed by atoms with Crippen LogP contribution in [0.25, 0.3) is 0 Å². The molecule has 1 aliphatic heterocycles. The second kappa shape index (κ2) is 5.66. The highest BCUT2D eigenvalue weighted by atomic mass is 32.2. The molecular formula is C15H21NO3S. The van der Waals surface area contributed by atoms with Crippen LogP contribution >= 0.6 is 0 Å². The van der Waals surface area contributed by atoms with Crippen LogP contribution in [0.1, 0.15) is 28.4 Å². The van der Waals surface area contributed by atoms with E-state index in [1.54, 1.807) is 0 Å². The second-order valence-corrected chi connectivity index (χ2v) is 7.90. The smallest absolute Gasteiger partial charge is 0.177 e. The van der Waals surface area contributed by atoms with Gasteiger partial charge in [-0.25, -0.2) is 8.42 Å². The fraction of sp³-hybridized carbons (Fsp3) is 0.533. The molecule has 1 atom stereocenters.